The van der Waals surface area contributed by atoms with Crippen LogP contribution in [0, 0.1) is 10.7 Å². The summed E-state index contributed by atoms with van der Waals surface area (Å²) >= 11 is 1.54. The van der Waals surface area contributed by atoms with Crippen LogP contribution in [0.1, 0.15) is 11.1 Å². The molecule has 0 saturated carbocycles. The van der Waals surface area contributed by atoms with Crippen LogP contribution in [0.25, 0.3) is 11.2 Å². The van der Waals surface area contributed by atoms with Gasteiger partial charge in [-0.05, 0) is 40.6 Å². The van der Waals surface area contributed by atoms with Crippen molar-refractivity contribution < 1.29 is 4.39 Å². The molecule has 4 aromatic rings. The molecule has 6 nitrogen and oxygen atoms in total. The molecule has 0 saturated heterocycles. The van der Waals surface area contributed by atoms with E-state index >= 15 is 0 Å². The second-order valence-electron chi connectivity index (χ2n) is 5.90. The average molecular weight is 379 g/mol. The predicted octanol–water partition coefficient (Wildman–Crippen LogP) is 4.70. The number of rotatable bonds is 6. The maximum atomic E-state index is 13.4. The number of aromatic nitrogens is 4. The fraction of sp³-hybridized carbons (Fsp3) is 0.105. The Labute approximate surface area is 158 Å². The third-order valence-corrected chi connectivity index (χ3v) is 5.08. The fourth-order valence-electron chi connectivity index (χ4n) is 2.72. The second kappa shape index (κ2) is 7.63. The summed E-state index contributed by atoms with van der Waals surface area (Å²) in [6.45, 7) is 0.482. The van der Waals surface area contributed by atoms with Crippen LogP contribution in [0.5, 0.6) is 0 Å². The number of hydrogen-bond acceptors (Lipinski definition) is 6. The van der Waals surface area contributed by atoms with Crippen molar-refractivity contribution in [1.82, 2.24) is 19.5 Å². The van der Waals surface area contributed by atoms with E-state index in [1.165, 1.54) is 18.5 Å². The molecule has 0 atom stereocenters. The van der Waals surface area contributed by atoms with Crippen molar-refractivity contribution in [2.75, 3.05) is 0 Å². The van der Waals surface area contributed by atoms with Crippen molar-refractivity contribution in [3.63, 3.8) is 0 Å². The molecule has 0 aliphatic rings. The van der Waals surface area contributed by atoms with E-state index in [4.69, 9.17) is 0 Å². The van der Waals surface area contributed by atoms with Crippen molar-refractivity contribution in [3.05, 3.63) is 83.0 Å². The molecule has 2 heterocycles. The Balaban J connectivity index is 1.55. The molecular formula is C19H14FN5OS. The van der Waals surface area contributed by atoms with E-state index in [1.54, 1.807) is 36.3 Å². The van der Waals surface area contributed by atoms with Crippen LogP contribution in [0.3, 0.4) is 0 Å². The van der Waals surface area contributed by atoms with Crippen molar-refractivity contribution in [3.8, 4) is 0 Å². The van der Waals surface area contributed by atoms with Gasteiger partial charge in [-0.2, -0.15) is 0 Å². The van der Waals surface area contributed by atoms with Crippen molar-refractivity contribution in [2.45, 2.75) is 17.3 Å². The third-order valence-electron chi connectivity index (χ3n) is 4.03. The summed E-state index contributed by atoms with van der Waals surface area (Å²) in [5, 5.41) is 3.67. The van der Waals surface area contributed by atoms with Gasteiger partial charge in [-0.3, -0.25) is 0 Å². The maximum Gasteiger partial charge on any atom is 0.164 e. The van der Waals surface area contributed by atoms with Gasteiger partial charge in [-0.1, -0.05) is 36.0 Å². The number of benzene rings is 2. The fourth-order valence-corrected chi connectivity index (χ4v) is 3.62. The summed E-state index contributed by atoms with van der Waals surface area (Å²) in [7, 11) is 0. The smallest absolute Gasteiger partial charge is 0.164 e. The van der Waals surface area contributed by atoms with Gasteiger partial charge < -0.3 is 4.57 Å². The zero-order chi connectivity index (χ0) is 18.6. The summed E-state index contributed by atoms with van der Waals surface area (Å²) in [6, 6.07) is 13.6. The standard InChI is InChI=1S/C19H14FN5OS/c20-15-3-1-2-14(8-15)9-25-12-23-17-18(25)21-11-22-19(17)27-10-13-4-6-16(24-26)7-5-13/h1-8,11-12H,9-10H2. The quantitative estimate of drug-likeness (QED) is 0.276. The van der Waals surface area contributed by atoms with Crippen molar-refractivity contribution in [2.24, 2.45) is 5.18 Å². The SMILES string of the molecule is O=Nc1ccc(CSc2ncnc3c2ncn3Cc2cccc(F)c2)cc1. The molecule has 0 fully saturated rings. The highest BCUT2D eigenvalue weighted by molar-refractivity contribution is 7.98. The lowest BCUT2D eigenvalue weighted by Gasteiger charge is -2.05. The topological polar surface area (TPSA) is 73.0 Å². The van der Waals surface area contributed by atoms with Gasteiger partial charge in [-0.25, -0.2) is 19.3 Å². The summed E-state index contributed by atoms with van der Waals surface area (Å²) < 4.78 is 15.3. The minimum absolute atomic E-state index is 0.265. The Morgan fingerprint density at radius 2 is 1.89 bits per heavy atom. The molecule has 0 aliphatic heterocycles. The molecule has 0 aliphatic carbocycles. The zero-order valence-electron chi connectivity index (χ0n) is 14.1. The zero-order valence-corrected chi connectivity index (χ0v) is 14.9. The van der Waals surface area contributed by atoms with Gasteiger partial charge >= 0.3 is 0 Å². The summed E-state index contributed by atoms with van der Waals surface area (Å²) in [5.41, 5.74) is 3.72. The molecule has 2 aromatic heterocycles. The molecular weight excluding hydrogens is 365 g/mol. The Kier molecular flexibility index (Phi) is 4.88. The number of imidazole rings is 1. The van der Waals surface area contributed by atoms with Gasteiger partial charge in [-0.15, -0.1) is 4.91 Å². The van der Waals surface area contributed by atoms with Gasteiger partial charge in [0.2, 0.25) is 0 Å². The maximum absolute atomic E-state index is 13.4. The minimum Gasteiger partial charge on any atom is -0.311 e. The largest absolute Gasteiger partial charge is 0.311 e. The first-order chi connectivity index (χ1) is 13.2. The summed E-state index contributed by atoms with van der Waals surface area (Å²) in [4.78, 5) is 23.6. The van der Waals surface area contributed by atoms with Crippen molar-refractivity contribution in [1.29, 1.82) is 0 Å². The number of thioether (sulfide) groups is 1. The minimum atomic E-state index is -0.265. The van der Waals surface area contributed by atoms with E-state index in [0.717, 1.165) is 16.2 Å². The lowest BCUT2D eigenvalue weighted by atomic mass is 10.2. The molecule has 0 spiro atoms. The number of hydrogen-bond donors (Lipinski definition) is 0. The Morgan fingerprint density at radius 3 is 2.67 bits per heavy atom. The number of nitroso groups, excluding NO2 is 1. The highest BCUT2D eigenvalue weighted by Crippen LogP contribution is 2.27. The van der Waals surface area contributed by atoms with E-state index in [-0.39, 0.29) is 5.82 Å². The van der Waals surface area contributed by atoms with Gasteiger partial charge in [0.15, 0.2) is 5.65 Å². The molecule has 134 valence electrons. The van der Waals surface area contributed by atoms with Crippen LogP contribution >= 0.6 is 11.8 Å². The van der Waals surface area contributed by atoms with Gasteiger partial charge in [0.05, 0.1) is 12.9 Å². The Morgan fingerprint density at radius 1 is 1.04 bits per heavy atom. The Hall–Kier alpha value is -3.13. The third kappa shape index (κ3) is 3.85. The highest BCUT2D eigenvalue weighted by Gasteiger charge is 2.11. The van der Waals surface area contributed by atoms with E-state index < -0.39 is 0 Å². The molecule has 27 heavy (non-hydrogen) atoms. The summed E-state index contributed by atoms with van der Waals surface area (Å²) in [5.74, 6) is 0.417. The Bertz CT molecular complexity index is 1100. The lowest BCUT2D eigenvalue weighted by Crippen LogP contribution is -2.00. The normalized spacial score (nSPS) is 11.0. The average Bonchev–Trinajstić information content (AvgIpc) is 3.10. The van der Waals surface area contributed by atoms with Crippen LogP contribution < -0.4 is 0 Å². The predicted molar refractivity (Wildman–Crippen MR) is 102 cm³/mol. The van der Waals surface area contributed by atoms with Crippen molar-refractivity contribution >= 4 is 28.6 Å². The first kappa shape index (κ1) is 17.3. The van der Waals surface area contributed by atoms with Gasteiger partial charge in [0.25, 0.3) is 0 Å². The van der Waals surface area contributed by atoms with E-state index in [1.807, 2.05) is 22.8 Å². The molecule has 0 unspecified atom stereocenters. The lowest BCUT2D eigenvalue weighted by molar-refractivity contribution is 0.624. The molecule has 4 rings (SSSR count). The first-order valence-electron chi connectivity index (χ1n) is 8.18. The van der Waals surface area contributed by atoms with Gasteiger partial charge in [0.1, 0.15) is 28.4 Å². The number of halogens is 1. The molecule has 2 aromatic carbocycles. The van der Waals surface area contributed by atoms with Crippen LogP contribution in [0.4, 0.5) is 10.1 Å². The number of fused-ring (bicyclic) bond motifs is 1. The number of nitrogens with zero attached hydrogens (tertiary/aromatic N) is 5. The van der Waals surface area contributed by atoms with Crippen LogP contribution in [-0.2, 0) is 12.3 Å². The molecule has 0 radical (unpaired) electrons. The van der Waals surface area contributed by atoms with Crippen LogP contribution in [-0.4, -0.2) is 19.5 Å². The summed E-state index contributed by atoms with van der Waals surface area (Å²) in [6.07, 6.45) is 3.20. The second-order valence-corrected chi connectivity index (χ2v) is 6.86. The molecule has 0 bridgehead atoms. The monoisotopic (exact) mass is 379 g/mol. The van der Waals surface area contributed by atoms with Gasteiger partial charge in [0, 0.05) is 5.75 Å². The molecule has 8 heteroatoms. The van der Waals surface area contributed by atoms with E-state index in [0.29, 0.717) is 29.1 Å². The highest BCUT2D eigenvalue weighted by atomic mass is 32.2. The van der Waals surface area contributed by atoms with Crippen LogP contribution in [0.2, 0.25) is 0 Å². The van der Waals surface area contributed by atoms with E-state index in [9.17, 15) is 9.30 Å². The van der Waals surface area contributed by atoms with Crippen LogP contribution in [0.15, 0.2) is 71.4 Å². The molecule has 0 N–H and O–H groups in total. The van der Waals surface area contributed by atoms with E-state index in [2.05, 4.69) is 20.1 Å². The molecule has 0 amide bonds. The first-order valence-corrected chi connectivity index (χ1v) is 9.17.